The molecule has 1 N–H and O–H groups in total. The summed E-state index contributed by atoms with van der Waals surface area (Å²) in [5, 5.41) is 2.86. The number of halogens is 2. The van der Waals surface area contributed by atoms with E-state index in [1.165, 1.54) is 17.7 Å². The van der Waals surface area contributed by atoms with E-state index >= 15 is 0 Å². The highest BCUT2D eigenvalue weighted by Crippen LogP contribution is 2.18. The van der Waals surface area contributed by atoms with Crippen LogP contribution in [0.5, 0.6) is 0 Å². The minimum atomic E-state index is -0.812. The van der Waals surface area contributed by atoms with Crippen LogP contribution in [0.1, 0.15) is 35.8 Å². The highest BCUT2D eigenvalue weighted by molar-refractivity contribution is 6.34. The molecule has 0 radical (unpaired) electrons. The average molecular weight is 367 g/mol. The van der Waals surface area contributed by atoms with Crippen LogP contribution in [0.4, 0.5) is 5.69 Å². The third-order valence-electron chi connectivity index (χ3n) is 3.20. The van der Waals surface area contributed by atoms with Crippen molar-refractivity contribution in [2.75, 3.05) is 11.9 Å². The smallest absolute Gasteiger partial charge is 0.359 e. The van der Waals surface area contributed by atoms with Crippen molar-refractivity contribution >= 4 is 40.8 Å². The van der Waals surface area contributed by atoms with Crippen LogP contribution in [0.2, 0.25) is 10.2 Å². The maximum Gasteiger partial charge on any atom is 0.359 e. The standard InChI is InChI=1S/C17H16Cl2N2O3/c1-10(2)11-3-5-12(6-4-11)20-15(22)9-24-17(23)16-13(18)7-8-14(19)21-16/h3-8,10H,9H2,1-2H3,(H,20,22). The van der Waals surface area contributed by atoms with Crippen molar-refractivity contribution in [2.45, 2.75) is 19.8 Å². The second-order valence-corrected chi connectivity index (χ2v) is 6.16. The van der Waals surface area contributed by atoms with Crippen LogP contribution >= 0.6 is 23.2 Å². The van der Waals surface area contributed by atoms with Crippen LogP contribution in [0, 0.1) is 0 Å². The molecule has 0 spiro atoms. The van der Waals surface area contributed by atoms with Crippen LogP contribution in [0.15, 0.2) is 36.4 Å². The zero-order valence-electron chi connectivity index (χ0n) is 13.2. The van der Waals surface area contributed by atoms with Crippen LogP contribution in [-0.2, 0) is 9.53 Å². The number of benzene rings is 1. The number of carbonyl (C=O) groups is 2. The normalized spacial score (nSPS) is 10.5. The van der Waals surface area contributed by atoms with E-state index in [1.807, 2.05) is 12.1 Å². The summed E-state index contributed by atoms with van der Waals surface area (Å²) >= 11 is 11.6. The summed E-state index contributed by atoms with van der Waals surface area (Å²) in [6.07, 6.45) is 0. The van der Waals surface area contributed by atoms with Crippen molar-refractivity contribution in [1.82, 2.24) is 4.98 Å². The topological polar surface area (TPSA) is 68.3 Å². The fraction of sp³-hybridized carbons (Fsp3) is 0.235. The molecule has 0 saturated carbocycles. The number of hydrogen-bond acceptors (Lipinski definition) is 4. The van der Waals surface area contributed by atoms with Crippen molar-refractivity contribution in [2.24, 2.45) is 0 Å². The number of pyridine rings is 1. The van der Waals surface area contributed by atoms with Crippen LogP contribution in [0.3, 0.4) is 0 Å². The number of ether oxygens (including phenoxy) is 1. The molecule has 1 aromatic heterocycles. The summed E-state index contributed by atoms with van der Waals surface area (Å²) in [5.74, 6) is -0.864. The minimum absolute atomic E-state index is 0.106. The number of nitrogens with zero attached hydrogens (tertiary/aromatic N) is 1. The van der Waals surface area contributed by atoms with Gasteiger partial charge in [0.25, 0.3) is 5.91 Å². The van der Waals surface area contributed by atoms with E-state index in [4.69, 9.17) is 27.9 Å². The first kappa shape index (κ1) is 18.2. The Hall–Kier alpha value is -2.11. The van der Waals surface area contributed by atoms with E-state index in [-0.39, 0.29) is 15.9 Å². The largest absolute Gasteiger partial charge is 0.451 e. The summed E-state index contributed by atoms with van der Waals surface area (Å²) in [6.45, 7) is 3.72. The highest BCUT2D eigenvalue weighted by Gasteiger charge is 2.16. The Morgan fingerprint density at radius 2 is 1.79 bits per heavy atom. The lowest BCUT2D eigenvalue weighted by molar-refractivity contribution is -0.119. The fourth-order valence-electron chi connectivity index (χ4n) is 1.91. The molecule has 7 heteroatoms. The molecule has 1 heterocycles. The Morgan fingerprint density at radius 3 is 2.42 bits per heavy atom. The number of esters is 1. The van der Waals surface area contributed by atoms with Gasteiger partial charge in [-0.2, -0.15) is 0 Å². The minimum Gasteiger partial charge on any atom is -0.451 e. The van der Waals surface area contributed by atoms with Crippen molar-refractivity contribution in [3.05, 3.63) is 57.8 Å². The molecule has 0 atom stereocenters. The molecule has 0 saturated heterocycles. The molecule has 0 aliphatic rings. The lowest BCUT2D eigenvalue weighted by Crippen LogP contribution is -2.21. The molecule has 2 aromatic rings. The zero-order chi connectivity index (χ0) is 17.7. The van der Waals surface area contributed by atoms with Gasteiger partial charge in [-0.25, -0.2) is 9.78 Å². The number of rotatable bonds is 5. The second kappa shape index (κ2) is 8.13. The van der Waals surface area contributed by atoms with Gasteiger partial charge in [0.15, 0.2) is 12.3 Å². The summed E-state index contributed by atoms with van der Waals surface area (Å²) in [5.41, 5.74) is 1.67. The Bertz CT molecular complexity index is 746. The Morgan fingerprint density at radius 1 is 1.12 bits per heavy atom. The molecule has 0 aliphatic carbocycles. The molecule has 2 rings (SSSR count). The molecule has 1 aromatic carbocycles. The quantitative estimate of drug-likeness (QED) is 0.632. The van der Waals surface area contributed by atoms with Gasteiger partial charge in [0.2, 0.25) is 0 Å². The zero-order valence-corrected chi connectivity index (χ0v) is 14.7. The van der Waals surface area contributed by atoms with Gasteiger partial charge in [-0.15, -0.1) is 0 Å². The Labute approximate surface area is 149 Å². The van der Waals surface area contributed by atoms with E-state index in [9.17, 15) is 9.59 Å². The molecule has 0 aliphatic heterocycles. The summed E-state index contributed by atoms with van der Waals surface area (Å²) in [4.78, 5) is 27.5. The van der Waals surface area contributed by atoms with Gasteiger partial charge < -0.3 is 10.1 Å². The van der Waals surface area contributed by atoms with E-state index in [2.05, 4.69) is 24.1 Å². The number of carbonyl (C=O) groups excluding carboxylic acids is 2. The Kier molecular flexibility index (Phi) is 6.17. The molecule has 5 nitrogen and oxygen atoms in total. The maximum absolute atomic E-state index is 11.9. The molecule has 0 bridgehead atoms. The second-order valence-electron chi connectivity index (χ2n) is 5.37. The van der Waals surface area contributed by atoms with Crippen molar-refractivity contribution < 1.29 is 14.3 Å². The predicted octanol–water partition coefficient (Wildman–Crippen LogP) is 4.31. The first-order valence-corrected chi connectivity index (χ1v) is 8.01. The monoisotopic (exact) mass is 366 g/mol. The Balaban J connectivity index is 1.90. The van der Waals surface area contributed by atoms with Gasteiger partial charge in [0, 0.05) is 5.69 Å². The predicted molar refractivity (Wildman–Crippen MR) is 93.7 cm³/mol. The molecule has 0 fully saturated rings. The first-order valence-electron chi connectivity index (χ1n) is 7.26. The van der Waals surface area contributed by atoms with Gasteiger partial charge in [0.05, 0.1) is 5.02 Å². The summed E-state index contributed by atoms with van der Waals surface area (Å²) in [6, 6.07) is 10.3. The number of amides is 1. The average Bonchev–Trinajstić information content (AvgIpc) is 2.55. The first-order chi connectivity index (χ1) is 11.4. The van der Waals surface area contributed by atoms with Crippen molar-refractivity contribution in [1.29, 1.82) is 0 Å². The maximum atomic E-state index is 11.9. The van der Waals surface area contributed by atoms with E-state index in [1.54, 1.807) is 12.1 Å². The van der Waals surface area contributed by atoms with Crippen LogP contribution in [-0.4, -0.2) is 23.5 Å². The molecule has 1 amide bonds. The SMILES string of the molecule is CC(C)c1ccc(NC(=O)COC(=O)c2nc(Cl)ccc2Cl)cc1. The van der Waals surface area contributed by atoms with Gasteiger partial charge in [-0.1, -0.05) is 49.2 Å². The number of hydrogen-bond donors (Lipinski definition) is 1. The summed E-state index contributed by atoms with van der Waals surface area (Å²) < 4.78 is 4.90. The number of anilines is 1. The van der Waals surface area contributed by atoms with Crippen molar-refractivity contribution in [3.8, 4) is 0 Å². The van der Waals surface area contributed by atoms with Crippen LogP contribution < -0.4 is 5.32 Å². The van der Waals surface area contributed by atoms with Gasteiger partial charge in [0.1, 0.15) is 5.15 Å². The summed E-state index contributed by atoms with van der Waals surface area (Å²) in [7, 11) is 0. The van der Waals surface area contributed by atoms with Crippen molar-refractivity contribution in [3.63, 3.8) is 0 Å². The van der Waals surface area contributed by atoms with Gasteiger partial charge >= 0.3 is 5.97 Å². The third kappa shape index (κ3) is 4.94. The van der Waals surface area contributed by atoms with Crippen LogP contribution in [0.25, 0.3) is 0 Å². The van der Waals surface area contributed by atoms with E-state index in [0.29, 0.717) is 11.6 Å². The fourth-order valence-corrected chi connectivity index (χ4v) is 2.24. The molecule has 0 unspecified atom stereocenters. The lowest BCUT2D eigenvalue weighted by atomic mass is 10.0. The highest BCUT2D eigenvalue weighted by atomic mass is 35.5. The van der Waals surface area contributed by atoms with E-state index in [0.717, 1.165) is 0 Å². The van der Waals surface area contributed by atoms with Gasteiger partial charge in [-0.3, -0.25) is 4.79 Å². The molecular weight excluding hydrogens is 351 g/mol. The molecular formula is C17H16Cl2N2O3. The van der Waals surface area contributed by atoms with E-state index < -0.39 is 18.5 Å². The lowest BCUT2D eigenvalue weighted by Gasteiger charge is -2.09. The number of nitrogens with one attached hydrogen (secondary N) is 1. The van der Waals surface area contributed by atoms with Gasteiger partial charge in [-0.05, 0) is 35.7 Å². The third-order valence-corrected chi connectivity index (χ3v) is 3.72. The molecule has 126 valence electrons. The number of aromatic nitrogens is 1. The molecule has 24 heavy (non-hydrogen) atoms.